The van der Waals surface area contributed by atoms with Crippen LogP contribution >= 0.6 is 0 Å². The quantitative estimate of drug-likeness (QED) is 0.675. The van der Waals surface area contributed by atoms with Gasteiger partial charge in [0, 0.05) is 13.6 Å². The minimum absolute atomic E-state index is 0.317. The number of nitrogens with one attached hydrogen (secondary N) is 3. The van der Waals surface area contributed by atoms with Crippen LogP contribution in [0.25, 0.3) is 11.2 Å². The Bertz CT molecular complexity index is 621. The third-order valence-electron chi connectivity index (χ3n) is 2.32. The van der Waals surface area contributed by atoms with Crippen molar-refractivity contribution in [1.82, 2.24) is 19.5 Å². The molecule has 7 heteroatoms. The molecule has 0 aliphatic carbocycles. The van der Waals surface area contributed by atoms with Gasteiger partial charge in [-0.25, -0.2) is 4.79 Å². The summed E-state index contributed by atoms with van der Waals surface area (Å²) in [7, 11) is 1.69. The van der Waals surface area contributed by atoms with Crippen molar-refractivity contribution < 1.29 is 0 Å². The van der Waals surface area contributed by atoms with Gasteiger partial charge in [-0.1, -0.05) is 6.92 Å². The normalized spacial score (nSPS) is 10.9. The Morgan fingerprint density at radius 2 is 2.12 bits per heavy atom. The lowest BCUT2D eigenvalue weighted by Crippen LogP contribution is -2.30. The zero-order valence-corrected chi connectivity index (χ0v) is 9.13. The Morgan fingerprint density at radius 1 is 1.38 bits per heavy atom. The fourth-order valence-electron chi connectivity index (χ4n) is 1.59. The molecule has 0 spiro atoms. The van der Waals surface area contributed by atoms with Crippen molar-refractivity contribution in [3.63, 3.8) is 0 Å². The maximum Gasteiger partial charge on any atom is 0.330 e. The zero-order chi connectivity index (χ0) is 11.7. The van der Waals surface area contributed by atoms with E-state index < -0.39 is 11.2 Å². The van der Waals surface area contributed by atoms with E-state index in [1.807, 2.05) is 6.92 Å². The highest BCUT2D eigenvalue weighted by Gasteiger charge is 2.11. The van der Waals surface area contributed by atoms with Gasteiger partial charge < -0.3 is 10.3 Å². The minimum atomic E-state index is -0.443. The first-order valence-electron chi connectivity index (χ1n) is 5.08. The molecule has 0 atom stereocenters. The minimum Gasteiger partial charge on any atom is -0.359 e. The summed E-state index contributed by atoms with van der Waals surface area (Å²) in [6, 6.07) is 0. The Balaban J connectivity index is 2.82. The van der Waals surface area contributed by atoms with Crippen LogP contribution in [0, 0.1) is 0 Å². The van der Waals surface area contributed by atoms with Crippen LogP contribution in [-0.4, -0.2) is 26.6 Å². The SMILES string of the molecule is CCCn1c(=O)[nH]c(=O)c2[nH]c(NC)nc21. The summed E-state index contributed by atoms with van der Waals surface area (Å²) in [6.45, 7) is 2.48. The average molecular weight is 223 g/mol. The lowest BCUT2D eigenvalue weighted by molar-refractivity contribution is 0.653. The zero-order valence-electron chi connectivity index (χ0n) is 9.13. The molecule has 0 aliphatic heterocycles. The lowest BCUT2D eigenvalue weighted by atomic mass is 10.4. The number of imidazole rings is 1. The molecule has 0 unspecified atom stereocenters. The van der Waals surface area contributed by atoms with Crippen molar-refractivity contribution in [2.24, 2.45) is 0 Å². The van der Waals surface area contributed by atoms with Gasteiger partial charge in [0.1, 0.15) is 0 Å². The number of fused-ring (bicyclic) bond motifs is 1. The second-order valence-electron chi connectivity index (χ2n) is 3.44. The number of nitrogens with zero attached hydrogens (tertiary/aromatic N) is 2. The van der Waals surface area contributed by atoms with E-state index in [1.165, 1.54) is 4.57 Å². The maximum absolute atomic E-state index is 11.6. The molecule has 0 fully saturated rings. The first kappa shape index (κ1) is 10.5. The van der Waals surface area contributed by atoms with E-state index >= 15 is 0 Å². The summed E-state index contributed by atoms with van der Waals surface area (Å²) in [4.78, 5) is 32.3. The van der Waals surface area contributed by atoms with Gasteiger partial charge in [-0.2, -0.15) is 4.98 Å². The van der Waals surface area contributed by atoms with E-state index in [0.717, 1.165) is 6.42 Å². The topological polar surface area (TPSA) is 95.6 Å². The van der Waals surface area contributed by atoms with E-state index in [-0.39, 0.29) is 0 Å². The Kier molecular flexibility index (Phi) is 2.51. The second kappa shape index (κ2) is 3.84. The van der Waals surface area contributed by atoms with Crippen molar-refractivity contribution in [2.75, 3.05) is 12.4 Å². The number of anilines is 1. The summed E-state index contributed by atoms with van der Waals surface area (Å²) in [5, 5.41) is 2.80. The number of aryl methyl sites for hydroxylation is 1. The summed E-state index contributed by atoms with van der Waals surface area (Å²) >= 11 is 0. The molecule has 86 valence electrons. The van der Waals surface area contributed by atoms with Gasteiger partial charge in [0.25, 0.3) is 5.56 Å². The number of hydrogen-bond acceptors (Lipinski definition) is 4. The van der Waals surface area contributed by atoms with Crippen molar-refractivity contribution >= 4 is 17.1 Å². The molecule has 0 aliphatic rings. The van der Waals surface area contributed by atoms with Gasteiger partial charge in [0.05, 0.1) is 0 Å². The monoisotopic (exact) mass is 223 g/mol. The molecular weight excluding hydrogens is 210 g/mol. The van der Waals surface area contributed by atoms with Crippen LogP contribution in [0.4, 0.5) is 5.95 Å². The smallest absolute Gasteiger partial charge is 0.330 e. The Hall–Kier alpha value is -2.05. The van der Waals surface area contributed by atoms with Crippen molar-refractivity contribution in [1.29, 1.82) is 0 Å². The van der Waals surface area contributed by atoms with Crippen molar-refractivity contribution in [3.8, 4) is 0 Å². The number of aromatic nitrogens is 4. The van der Waals surface area contributed by atoms with Crippen LogP contribution in [0.15, 0.2) is 9.59 Å². The molecule has 2 aromatic heterocycles. The molecular formula is C9H13N5O2. The molecule has 2 heterocycles. The van der Waals surface area contributed by atoms with Crippen molar-refractivity contribution in [2.45, 2.75) is 19.9 Å². The molecule has 0 saturated heterocycles. The second-order valence-corrected chi connectivity index (χ2v) is 3.44. The molecule has 0 bridgehead atoms. The summed E-state index contributed by atoms with van der Waals surface area (Å²) in [5.74, 6) is 0.468. The first-order valence-corrected chi connectivity index (χ1v) is 5.08. The van der Waals surface area contributed by atoms with Crippen molar-refractivity contribution in [3.05, 3.63) is 20.8 Å². The molecule has 0 saturated carbocycles. The molecule has 16 heavy (non-hydrogen) atoms. The molecule has 2 rings (SSSR count). The van der Waals surface area contributed by atoms with Gasteiger partial charge in [0.2, 0.25) is 5.95 Å². The van der Waals surface area contributed by atoms with Crippen LogP contribution in [0.2, 0.25) is 0 Å². The highest BCUT2D eigenvalue weighted by molar-refractivity contribution is 5.72. The van der Waals surface area contributed by atoms with E-state index in [4.69, 9.17) is 0 Å². The molecule has 3 N–H and O–H groups in total. The summed E-state index contributed by atoms with van der Waals surface area (Å²) < 4.78 is 1.45. The highest BCUT2D eigenvalue weighted by atomic mass is 16.2. The molecule has 7 nitrogen and oxygen atoms in total. The third-order valence-corrected chi connectivity index (χ3v) is 2.32. The van der Waals surface area contributed by atoms with Gasteiger partial charge in [0.15, 0.2) is 11.2 Å². The number of hydrogen-bond donors (Lipinski definition) is 3. The fraction of sp³-hybridized carbons (Fsp3) is 0.444. The summed E-state index contributed by atoms with van der Waals surface area (Å²) in [5.41, 5.74) is -0.160. The first-order chi connectivity index (χ1) is 7.67. The van der Waals surface area contributed by atoms with Crippen LogP contribution in [0.3, 0.4) is 0 Å². The van der Waals surface area contributed by atoms with E-state index in [0.29, 0.717) is 23.7 Å². The number of H-pyrrole nitrogens is 2. The van der Waals surface area contributed by atoms with E-state index in [2.05, 4.69) is 20.3 Å². The predicted octanol–water partition coefficient (Wildman–Crippen LogP) is -0.135. The lowest BCUT2D eigenvalue weighted by Gasteiger charge is -2.02. The standard InChI is InChI=1S/C9H13N5O2/c1-3-4-14-6-5(7(15)13-9(14)16)11-8(10-2)12-6/h3-4H2,1-2H3,(H2,10,11,12)(H,13,15,16). The highest BCUT2D eigenvalue weighted by Crippen LogP contribution is 2.08. The van der Waals surface area contributed by atoms with Crippen LogP contribution in [-0.2, 0) is 6.54 Å². The van der Waals surface area contributed by atoms with E-state index in [1.54, 1.807) is 7.05 Å². The van der Waals surface area contributed by atoms with Crippen LogP contribution in [0.1, 0.15) is 13.3 Å². The summed E-state index contributed by atoms with van der Waals surface area (Å²) in [6.07, 6.45) is 0.794. The Morgan fingerprint density at radius 3 is 2.75 bits per heavy atom. The number of rotatable bonds is 3. The molecule has 2 aromatic rings. The van der Waals surface area contributed by atoms with Gasteiger partial charge >= 0.3 is 5.69 Å². The van der Waals surface area contributed by atoms with Crippen LogP contribution in [0.5, 0.6) is 0 Å². The van der Waals surface area contributed by atoms with Crippen LogP contribution < -0.4 is 16.6 Å². The fourth-order valence-corrected chi connectivity index (χ4v) is 1.59. The average Bonchev–Trinajstić information content (AvgIpc) is 2.68. The van der Waals surface area contributed by atoms with Gasteiger partial charge in [-0.15, -0.1) is 0 Å². The van der Waals surface area contributed by atoms with Gasteiger partial charge in [-0.3, -0.25) is 14.3 Å². The molecule has 0 radical (unpaired) electrons. The Labute approximate surface area is 90.5 Å². The number of aromatic amines is 2. The molecule has 0 amide bonds. The molecule has 0 aromatic carbocycles. The maximum atomic E-state index is 11.6. The third kappa shape index (κ3) is 1.50. The van der Waals surface area contributed by atoms with E-state index in [9.17, 15) is 9.59 Å². The predicted molar refractivity (Wildman–Crippen MR) is 60.8 cm³/mol. The van der Waals surface area contributed by atoms with Gasteiger partial charge in [-0.05, 0) is 6.42 Å². The largest absolute Gasteiger partial charge is 0.359 e.